The summed E-state index contributed by atoms with van der Waals surface area (Å²) in [4.78, 5) is 0. The van der Waals surface area contributed by atoms with E-state index in [0.29, 0.717) is 6.79 Å². The fourth-order valence-electron chi connectivity index (χ4n) is 3.44. The van der Waals surface area contributed by atoms with Crippen LogP contribution in [0.4, 0.5) is 0 Å². The first-order valence-electron chi connectivity index (χ1n) is 7.78. The minimum absolute atomic E-state index is 0.117. The van der Waals surface area contributed by atoms with Gasteiger partial charge in [0.25, 0.3) is 0 Å². The van der Waals surface area contributed by atoms with Gasteiger partial charge in [0.15, 0.2) is 11.5 Å². The lowest BCUT2D eigenvalue weighted by atomic mass is 10.0. The molecule has 0 spiro atoms. The molecule has 1 atom stereocenters. The first-order valence-corrected chi connectivity index (χ1v) is 7.78. The third kappa shape index (κ3) is 1.95. The largest absolute Gasteiger partial charge is 0.454 e. The number of benzene rings is 2. The number of nitrogens with one attached hydrogen (secondary N) is 1. The lowest BCUT2D eigenvalue weighted by Crippen LogP contribution is -2.21. The summed E-state index contributed by atoms with van der Waals surface area (Å²) in [7, 11) is 0. The highest BCUT2D eigenvalue weighted by molar-refractivity contribution is 5.50. The van der Waals surface area contributed by atoms with Crippen molar-refractivity contribution >= 4 is 0 Å². The van der Waals surface area contributed by atoms with Crippen molar-refractivity contribution in [3.8, 4) is 17.2 Å². The molecule has 2 aromatic carbocycles. The van der Waals surface area contributed by atoms with Crippen LogP contribution in [0.25, 0.3) is 5.69 Å². The fourth-order valence-corrected chi connectivity index (χ4v) is 3.44. The van der Waals surface area contributed by atoms with E-state index in [1.165, 1.54) is 22.5 Å². The molecule has 1 aromatic heterocycles. The van der Waals surface area contributed by atoms with E-state index in [1.807, 2.05) is 6.07 Å². The molecule has 0 bridgehead atoms. The molecule has 3 aromatic rings. The zero-order chi connectivity index (χ0) is 15.2. The monoisotopic (exact) mass is 304 g/mol. The van der Waals surface area contributed by atoms with E-state index in [1.54, 1.807) is 0 Å². The molecule has 5 rings (SSSR count). The van der Waals surface area contributed by atoms with Gasteiger partial charge in [-0.05, 0) is 41.5 Å². The number of ether oxygens (including phenoxy) is 2. The van der Waals surface area contributed by atoms with Crippen LogP contribution in [0, 0.1) is 0 Å². The molecule has 0 aliphatic carbocycles. The SMILES string of the molecule is c1ccc2c(c1)CNC(c1ccc3c(c1)OCO3)c1cccn1-2. The molecule has 0 fully saturated rings. The quantitative estimate of drug-likeness (QED) is 0.748. The van der Waals surface area contributed by atoms with E-state index in [2.05, 4.69) is 64.6 Å². The summed E-state index contributed by atoms with van der Waals surface area (Å²) in [5.74, 6) is 1.64. The number of hydrogen-bond acceptors (Lipinski definition) is 3. The number of aromatic nitrogens is 1. The van der Waals surface area contributed by atoms with Gasteiger partial charge in [0.05, 0.1) is 6.04 Å². The predicted molar refractivity (Wildman–Crippen MR) is 87.0 cm³/mol. The summed E-state index contributed by atoms with van der Waals surface area (Å²) in [5, 5.41) is 3.67. The first kappa shape index (κ1) is 12.8. The standard InChI is InChI=1S/C19H16N2O2/c1-2-5-15-14(4-1)11-20-19(16-6-3-9-21(15)16)13-7-8-17-18(10-13)23-12-22-17/h1-10,19-20H,11-12H2. The van der Waals surface area contributed by atoms with Crippen LogP contribution in [0.15, 0.2) is 60.8 Å². The summed E-state index contributed by atoms with van der Waals surface area (Å²) in [6.07, 6.45) is 2.13. The molecular weight excluding hydrogens is 288 g/mol. The molecule has 4 heteroatoms. The zero-order valence-corrected chi connectivity index (χ0v) is 12.5. The second kappa shape index (κ2) is 4.89. The van der Waals surface area contributed by atoms with Crippen LogP contribution in [0.1, 0.15) is 22.9 Å². The van der Waals surface area contributed by atoms with Gasteiger partial charge in [0.2, 0.25) is 6.79 Å². The maximum absolute atomic E-state index is 5.54. The Bertz CT molecular complexity index is 885. The number of fused-ring (bicyclic) bond motifs is 4. The van der Waals surface area contributed by atoms with Crippen molar-refractivity contribution in [1.29, 1.82) is 0 Å². The molecule has 0 saturated carbocycles. The maximum Gasteiger partial charge on any atom is 0.231 e. The molecule has 3 heterocycles. The highest BCUT2D eigenvalue weighted by atomic mass is 16.7. The maximum atomic E-state index is 5.54. The Balaban J connectivity index is 1.63. The fraction of sp³-hybridized carbons (Fsp3) is 0.158. The van der Waals surface area contributed by atoms with E-state index in [4.69, 9.17) is 9.47 Å². The summed E-state index contributed by atoms with van der Waals surface area (Å²) < 4.78 is 13.2. The van der Waals surface area contributed by atoms with E-state index in [-0.39, 0.29) is 6.04 Å². The highest BCUT2D eigenvalue weighted by Gasteiger charge is 2.24. The van der Waals surface area contributed by atoms with Crippen molar-refractivity contribution < 1.29 is 9.47 Å². The van der Waals surface area contributed by atoms with Gasteiger partial charge >= 0.3 is 0 Å². The first-order chi connectivity index (χ1) is 11.4. The molecule has 1 unspecified atom stereocenters. The molecule has 114 valence electrons. The van der Waals surface area contributed by atoms with E-state index in [0.717, 1.165) is 18.0 Å². The van der Waals surface area contributed by atoms with Crippen LogP contribution < -0.4 is 14.8 Å². The Labute approximate surface area is 134 Å². The number of para-hydroxylation sites is 1. The van der Waals surface area contributed by atoms with Crippen LogP contribution in [-0.2, 0) is 6.54 Å². The molecule has 2 aliphatic rings. The molecule has 1 N–H and O–H groups in total. The van der Waals surface area contributed by atoms with Gasteiger partial charge in [-0.2, -0.15) is 0 Å². The summed E-state index contributed by atoms with van der Waals surface area (Å²) >= 11 is 0. The number of hydrogen-bond donors (Lipinski definition) is 1. The molecule has 0 amide bonds. The summed E-state index contributed by atoms with van der Waals surface area (Å²) in [6, 6.07) is 19.1. The van der Waals surface area contributed by atoms with Gasteiger partial charge in [-0.25, -0.2) is 0 Å². The Kier molecular flexibility index (Phi) is 2.72. The van der Waals surface area contributed by atoms with Crippen molar-refractivity contribution in [3.63, 3.8) is 0 Å². The van der Waals surface area contributed by atoms with Crippen molar-refractivity contribution in [1.82, 2.24) is 9.88 Å². The average Bonchev–Trinajstić information content (AvgIpc) is 3.22. The predicted octanol–water partition coefficient (Wildman–Crippen LogP) is 3.40. The third-order valence-corrected chi connectivity index (χ3v) is 4.55. The molecule has 4 nitrogen and oxygen atoms in total. The van der Waals surface area contributed by atoms with Gasteiger partial charge in [-0.3, -0.25) is 0 Å². The summed E-state index contributed by atoms with van der Waals surface area (Å²) in [5.41, 5.74) is 4.95. The topological polar surface area (TPSA) is 35.4 Å². The van der Waals surface area contributed by atoms with Crippen LogP contribution in [0.5, 0.6) is 11.5 Å². The highest BCUT2D eigenvalue weighted by Crippen LogP contribution is 2.37. The average molecular weight is 304 g/mol. The zero-order valence-electron chi connectivity index (χ0n) is 12.5. The Hall–Kier alpha value is -2.72. The number of rotatable bonds is 1. The third-order valence-electron chi connectivity index (χ3n) is 4.55. The number of nitrogens with zero attached hydrogens (tertiary/aromatic N) is 1. The Morgan fingerprint density at radius 1 is 0.957 bits per heavy atom. The summed E-state index contributed by atoms with van der Waals surface area (Å²) in [6.45, 7) is 1.13. The van der Waals surface area contributed by atoms with Crippen molar-refractivity contribution in [2.45, 2.75) is 12.6 Å². The second-order valence-corrected chi connectivity index (χ2v) is 5.86. The normalized spacial score (nSPS) is 18.2. The van der Waals surface area contributed by atoms with E-state index in [9.17, 15) is 0 Å². The van der Waals surface area contributed by atoms with E-state index < -0.39 is 0 Å². The van der Waals surface area contributed by atoms with Gasteiger partial charge in [0.1, 0.15) is 0 Å². The molecule has 2 aliphatic heterocycles. The minimum atomic E-state index is 0.117. The second-order valence-electron chi connectivity index (χ2n) is 5.86. The van der Waals surface area contributed by atoms with Crippen LogP contribution >= 0.6 is 0 Å². The minimum Gasteiger partial charge on any atom is -0.454 e. The Morgan fingerprint density at radius 3 is 2.87 bits per heavy atom. The Morgan fingerprint density at radius 2 is 1.87 bits per heavy atom. The van der Waals surface area contributed by atoms with Crippen molar-refractivity contribution in [3.05, 3.63) is 77.6 Å². The molecule has 0 saturated heterocycles. The van der Waals surface area contributed by atoms with Gasteiger partial charge in [-0.15, -0.1) is 0 Å². The van der Waals surface area contributed by atoms with Gasteiger partial charge in [0, 0.05) is 24.1 Å². The van der Waals surface area contributed by atoms with Gasteiger partial charge < -0.3 is 19.4 Å². The van der Waals surface area contributed by atoms with Crippen molar-refractivity contribution in [2.24, 2.45) is 0 Å². The van der Waals surface area contributed by atoms with Crippen molar-refractivity contribution in [2.75, 3.05) is 6.79 Å². The van der Waals surface area contributed by atoms with Crippen LogP contribution in [-0.4, -0.2) is 11.4 Å². The van der Waals surface area contributed by atoms with Gasteiger partial charge in [-0.1, -0.05) is 24.3 Å². The lowest BCUT2D eigenvalue weighted by molar-refractivity contribution is 0.174. The molecule has 23 heavy (non-hydrogen) atoms. The van der Waals surface area contributed by atoms with Crippen LogP contribution in [0.2, 0.25) is 0 Å². The van der Waals surface area contributed by atoms with E-state index >= 15 is 0 Å². The lowest BCUT2D eigenvalue weighted by Gasteiger charge is -2.18. The molecular formula is C19H16N2O2. The molecule has 0 radical (unpaired) electrons. The smallest absolute Gasteiger partial charge is 0.231 e. The van der Waals surface area contributed by atoms with Crippen LogP contribution in [0.3, 0.4) is 0 Å².